The maximum absolute atomic E-state index is 13.2. The van der Waals surface area contributed by atoms with E-state index in [1.54, 1.807) is 13.8 Å². The molecule has 0 atom stereocenters. The predicted octanol–water partition coefficient (Wildman–Crippen LogP) is 3.09. The zero-order chi connectivity index (χ0) is 23.7. The molecule has 3 rings (SSSR count). The van der Waals surface area contributed by atoms with E-state index in [0.717, 1.165) is 11.8 Å². The van der Waals surface area contributed by atoms with Crippen LogP contribution >= 0.6 is 0 Å². The van der Waals surface area contributed by atoms with Crippen molar-refractivity contribution in [1.82, 2.24) is 14.2 Å². The zero-order valence-electron chi connectivity index (χ0n) is 17.9. The number of nitrogens with zero attached hydrogens (tertiary/aromatic N) is 3. The second-order valence-corrected chi connectivity index (χ2v) is 9.59. The van der Waals surface area contributed by atoms with E-state index in [1.807, 2.05) is 19.1 Å². The number of piperazine rings is 1. The second-order valence-electron chi connectivity index (χ2n) is 7.71. The summed E-state index contributed by atoms with van der Waals surface area (Å²) in [5.41, 5.74) is 2.53. The Labute approximate surface area is 184 Å². The summed E-state index contributed by atoms with van der Waals surface area (Å²) in [4.78, 5) is 18.2. The van der Waals surface area contributed by atoms with E-state index in [2.05, 4.69) is 9.72 Å². The first-order valence-electron chi connectivity index (χ1n) is 9.91. The van der Waals surface area contributed by atoms with Crippen LogP contribution in [0.1, 0.15) is 27.0 Å². The van der Waals surface area contributed by atoms with Gasteiger partial charge < -0.3 is 9.64 Å². The highest BCUT2D eigenvalue weighted by molar-refractivity contribution is 7.89. The third-order valence-corrected chi connectivity index (χ3v) is 7.30. The molecule has 32 heavy (non-hydrogen) atoms. The SMILES string of the molecule is Cc1cc(C)c(S(=O)(=O)N2CCN(C(=O)c3ccc(OCC(F)(F)F)nc3)CC2)c(C)c1. The van der Waals surface area contributed by atoms with E-state index < -0.39 is 22.8 Å². The summed E-state index contributed by atoms with van der Waals surface area (Å²) >= 11 is 0. The van der Waals surface area contributed by atoms with E-state index in [-0.39, 0.29) is 43.5 Å². The Balaban J connectivity index is 1.65. The molecule has 1 amide bonds. The molecule has 2 heterocycles. The lowest BCUT2D eigenvalue weighted by Crippen LogP contribution is -2.50. The Morgan fingerprint density at radius 2 is 1.66 bits per heavy atom. The Hall–Kier alpha value is -2.66. The van der Waals surface area contributed by atoms with Gasteiger partial charge in [0, 0.05) is 38.4 Å². The Morgan fingerprint density at radius 1 is 1.06 bits per heavy atom. The minimum Gasteiger partial charge on any atom is -0.468 e. The Morgan fingerprint density at radius 3 is 2.16 bits per heavy atom. The van der Waals surface area contributed by atoms with Gasteiger partial charge in [0.25, 0.3) is 5.91 Å². The van der Waals surface area contributed by atoms with Gasteiger partial charge in [-0.2, -0.15) is 17.5 Å². The first-order chi connectivity index (χ1) is 14.9. The fraction of sp³-hybridized carbons (Fsp3) is 0.429. The van der Waals surface area contributed by atoms with Crippen molar-refractivity contribution in [2.45, 2.75) is 31.8 Å². The number of amides is 1. The average Bonchev–Trinajstić information content (AvgIpc) is 2.71. The minimum atomic E-state index is -4.48. The van der Waals surface area contributed by atoms with Crippen molar-refractivity contribution < 1.29 is 31.1 Å². The first-order valence-corrected chi connectivity index (χ1v) is 11.4. The summed E-state index contributed by atoms with van der Waals surface area (Å²) in [5, 5.41) is 0. The minimum absolute atomic E-state index is 0.140. The van der Waals surface area contributed by atoms with Crippen LogP contribution < -0.4 is 4.74 Å². The highest BCUT2D eigenvalue weighted by atomic mass is 32.2. The van der Waals surface area contributed by atoms with Crippen LogP contribution in [0, 0.1) is 20.8 Å². The molecular weight excluding hydrogens is 447 g/mol. The third-order valence-electron chi connectivity index (χ3n) is 5.10. The Kier molecular flexibility index (Phi) is 6.80. The van der Waals surface area contributed by atoms with Crippen LogP contribution in [0.4, 0.5) is 13.2 Å². The molecule has 0 saturated carbocycles. The third kappa shape index (κ3) is 5.39. The van der Waals surface area contributed by atoms with Crippen LogP contribution in [-0.2, 0) is 10.0 Å². The molecule has 174 valence electrons. The van der Waals surface area contributed by atoms with Crippen molar-refractivity contribution in [3.63, 3.8) is 0 Å². The van der Waals surface area contributed by atoms with Crippen molar-refractivity contribution in [2.24, 2.45) is 0 Å². The largest absolute Gasteiger partial charge is 0.468 e. The first kappa shape index (κ1) is 24.0. The molecule has 0 aliphatic carbocycles. The summed E-state index contributed by atoms with van der Waals surface area (Å²) in [6.07, 6.45) is -3.33. The molecule has 11 heteroatoms. The molecule has 1 fully saturated rings. The van der Waals surface area contributed by atoms with Crippen LogP contribution in [0.3, 0.4) is 0 Å². The van der Waals surface area contributed by atoms with Gasteiger partial charge in [-0.1, -0.05) is 17.7 Å². The maximum atomic E-state index is 13.2. The molecule has 7 nitrogen and oxygen atoms in total. The molecule has 1 aromatic carbocycles. The molecule has 1 saturated heterocycles. The lowest BCUT2D eigenvalue weighted by molar-refractivity contribution is -0.154. The van der Waals surface area contributed by atoms with Crippen LogP contribution in [0.25, 0.3) is 0 Å². The number of rotatable bonds is 5. The molecular formula is C21H24F3N3O4S. The second kappa shape index (κ2) is 9.07. The standard InChI is InChI=1S/C21H24F3N3O4S/c1-14-10-15(2)19(16(3)11-14)32(29,30)27-8-6-26(7-9-27)20(28)17-4-5-18(25-12-17)31-13-21(22,23)24/h4-5,10-12H,6-9,13H2,1-3H3. The van der Waals surface area contributed by atoms with E-state index in [9.17, 15) is 26.4 Å². The van der Waals surface area contributed by atoms with Gasteiger partial charge >= 0.3 is 6.18 Å². The molecule has 0 radical (unpaired) electrons. The van der Waals surface area contributed by atoms with Crippen molar-refractivity contribution >= 4 is 15.9 Å². The fourth-order valence-electron chi connectivity index (χ4n) is 3.76. The van der Waals surface area contributed by atoms with Crippen LogP contribution in [0.5, 0.6) is 5.88 Å². The number of aromatic nitrogens is 1. The van der Waals surface area contributed by atoms with Gasteiger partial charge in [0.15, 0.2) is 6.61 Å². The number of hydrogen-bond acceptors (Lipinski definition) is 5. The number of pyridine rings is 1. The van der Waals surface area contributed by atoms with E-state index >= 15 is 0 Å². The van der Waals surface area contributed by atoms with Crippen LogP contribution in [0.2, 0.25) is 0 Å². The number of alkyl halides is 3. The number of hydrogen-bond donors (Lipinski definition) is 0. The van der Waals surface area contributed by atoms with Gasteiger partial charge in [0.1, 0.15) is 0 Å². The molecule has 0 N–H and O–H groups in total. The summed E-state index contributed by atoms with van der Waals surface area (Å²) in [6.45, 7) is 4.63. The molecule has 1 aliphatic rings. The quantitative estimate of drug-likeness (QED) is 0.670. The lowest BCUT2D eigenvalue weighted by Gasteiger charge is -2.34. The highest BCUT2D eigenvalue weighted by Crippen LogP contribution is 2.26. The number of benzene rings is 1. The monoisotopic (exact) mass is 471 g/mol. The molecule has 0 spiro atoms. The van der Waals surface area contributed by atoms with E-state index in [1.165, 1.54) is 21.3 Å². The smallest absolute Gasteiger partial charge is 0.422 e. The zero-order valence-corrected chi connectivity index (χ0v) is 18.8. The van der Waals surface area contributed by atoms with Crippen molar-refractivity contribution in [1.29, 1.82) is 0 Å². The van der Waals surface area contributed by atoms with Gasteiger partial charge in [0.05, 0.1) is 10.5 Å². The maximum Gasteiger partial charge on any atom is 0.422 e. The molecule has 1 aromatic heterocycles. The summed E-state index contributed by atoms with van der Waals surface area (Å²) in [5.74, 6) is -0.613. The molecule has 2 aromatic rings. The van der Waals surface area contributed by atoms with E-state index in [4.69, 9.17) is 0 Å². The van der Waals surface area contributed by atoms with Crippen LogP contribution in [0.15, 0.2) is 35.4 Å². The van der Waals surface area contributed by atoms with Crippen LogP contribution in [-0.4, -0.2) is 67.5 Å². The lowest BCUT2D eigenvalue weighted by atomic mass is 10.1. The van der Waals surface area contributed by atoms with Crippen molar-refractivity contribution in [2.75, 3.05) is 32.8 Å². The number of halogens is 3. The molecule has 0 bridgehead atoms. The Bertz CT molecular complexity index is 1070. The average molecular weight is 472 g/mol. The van der Waals surface area contributed by atoms with E-state index in [0.29, 0.717) is 16.0 Å². The summed E-state index contributed by atoms with van der Waals surface area (Å²) in [6, 6.07) is 6.19. The van der Waals surface area contributed by atoms with Gasteiger partial charge in [-0.25, -0.2) is 13.4 Å². The van der Waals surface area contributed by atoms with Crippen molar-refractivity contribution in [3.8, 4) is 5.88 Å². The molecule has 1 aliphatic heterocycles. The van der Waals surface area contributed by atoms with Gasteiger partial charge in [-0.05, 0) is 38.0 Å². The number of sulfonamides is 1. The molecule has 0 unspecified atom stereocenters. The topological polar surface area (TPSA) is 79.8 Å². The van der Waals surface area contributed by atoms with Gasteiger partial charge in [0.2, 0.25) is 15.9 Å². The number of carbonyl (C=O) groups is 1. The summed E-state index contributed by atoms with van der Waals surface area (Å²) < 4.78 is 68.9. The highest BCUT2D eigenvalue weighted by Gasteiger charge is 2.32. The predicted molar refractivity (Wildman–Crippen MR) is 111 cm³/mol. The normalized spacial score (nSPS) is 15.6. The number of carbonyl (C=O) groups excluding carboxylic acids is 1. The van der Waals surface area contributed by atoms with Crippen molar-refractivity contribution in [3.05, 3.63) is 52.7 Å². The van der Waals surface area contributed by atoms with Gasteiger partial charge in [-0.15, -0.1) is 0 Å². The van der Waals surface area contributed by atoms with Gasteiger partial charge in [-0.3, -0.25) is 4.79 Å². The summed E-state index contributed by atoms with van der Waals surface area (Å²) in [7, 11) is -3.70. The number of aryl methyl sites for hydroxylation is 3. The fourth-order valence-corrected chi connectivity index (χ4v) is 5.60. The number of ether oxygens (including phenoxy) is 1.